The van der Waals surface area contributed by atoms with Gasteiger partial charge >= 0.3 is 0 Å². The predicted octanol–water partition coefficient (Wildman–Crippen LogP) is 3.42. The molecular weight excluding hydrogens is 239 g/mol. The molecule has 0 amide bonds. The second-order valence-corrected chi connectivity index (χ2v) is 6.11. The summed E-state index contributed by atoms with van der Waals surface area (Å²) >= 11 is 0. The third-order valence-corrected chi connectivity index (χ3v) is 4.95. The maximum atomic E-state index is 14.0. The molecule has 0 spiro atoms. The monoisotopic (exact) mass is 264 g/mol. The first-order valence-electron chi connectivity index (χ1n) is 7.19. The minimum atomic E-state index is -0.164. The lowest BCUT2D eigenvalue weighted by Crippen LogP contribution is -2.59. The van der Waals surface area contributed by atoms with E-state index >= 15 is 0 Å². The Bertz CT molecular complexity index is 435. The quantitative estimate of drug-likeness (QED) is 0.906. The van der Waals surface area contributed by atoms with Crippen LogP contribution in [0.1, 0.15) is 33.1 Å². The number of hydrogen-bond acceptors (Lipinski definition) is 2. The number of likely N-dealkylation sites (N-methyl/N-ethyl adjacent to an activating group) is 1. The third-order valence-electron chi connectivity index (χ3n) is 4.95. The van der Waals surface area contributed by atoms with E-state index < -0.39 is 0 Å². The molecule has 3 unspecified atom stereocenters. The zero-order chi connectivity index (χ0) is 14.0. The molecule has 1 aromatic carbocycles. The largest absolute Gasteiger partial charge is 0.365 e. The van der Waals surface area contributed by atoms with Crippen LogP contribution in [0.3, 0.4) is 0 Å². The van der Waals surface area contributed by atoms with E-state index in [2.05, 4.69) is 18.7 Å². The molecule has 1 aliphatic rings. The van der Waals surface area contributed by atoms with E-state index in [4.69, 9.17) is 5.73 Å². The highest BCUT2D eigenvalue weighted by Crippen LogP contribution is 2.42. The zero-order valence-electron chi connectivity index (χ0n) is 12.2. The average Bonchev–Trinajstić information content (AvgIpc) is 2.41. The molecule has 1 aromatic rings. The van der Waals surface area contributed by atoms with Crippen LogP contribution in [-0.4, -0.2) is 19.1 Å². The molecule has 1 fully saturated rings. The van der Waals surface area contributed by atoms with Gasteiger partial charge in [-0.05, 0) is 36.8 Å². The molecule has 3 atom stereocenters. The lowest BCUT2D eigenvalue weighted by molar-refractivity contribution is 0.161. The van der Waals surface area contributed by atoms with E-state index in [0.717, 1.165) is 12.8 Å². The molecule has 3 heteroatoms. The van der Waals surface area contributed by atoms with Gasteiger partial charge < -0.3 is 10.6 Å². The van der Waals surface area contributed by atoms with E-state index in [0.29, 0.717) is 24.1 Å². The van der Waals surface area contributed by atoms with Gasteiger partial charge in [0, 0.05) is 13.6 Å². The van der Waals surface area contributed by atoms with Crippen molar-refractivity contribution in [2.24, 2.45) is 17.6 Å². The van der Waals surface area contributed by atoms with Gasteiger partial charge in [-0.2, -0.15) is 0 Å². The maximum absolute atomic E-state index is 14.0. The highest BCUT2D eigenvalue weighted by Gasteiger charge is 2.43. The van der Waals surface area contributed by atoms with Crippen molar-refractivity contribution in [2.75, 3.05) is 18.5 Å². The normalized spacial score (nSPS) is 31.2. The standard InChI is InChI=1S/C16H25FN2/c1-12-8-9-13(2)16(10-12,11-18)19(3)15-7-5-4-6-14(15)17/h4-7,12-13H,8-11,18H2,1-3H3. The molecule has 106 valence electrons. The van der Waals surface area contributed by atoms with E-state index in [1.165, 1.54) is 12.5 Å². The lowest BCUT2D eigenvalue weighted by atomic mass is 9.68. The SMILES string of the molecule is CC1CCC(C)C(CN)(N(C)c2ccccc2F)C1. The van der Waals surface area contributed by atoms with Crippen molar-refractivity contribution in [1.82, 2.24) is 0 Å². The summed E-state index contributed by atoms with van der Waals surface area (Å²) in [5, 5.41) is 0. The summed E-state index contributed by atoms with van der Waals surface area (Å²) < 4.78 is 14.0. The molecule has 0 bridgehead atoms. The van der Waals surface area contributed by atoms with Crippen molar-refractivity contribution in [2.45, 2.75) is 38.6 Å². The van der Waals surface area contributed by atoms with E-state index in [1.54, 1.807) is 6.07 Å². The molecule has 1 saturated carbocycles. The number of benzene rings is 1. The van der Waals surface area contributed by atoms with Crippen LogP contribution in [0, 0.1) is 17.7 Å². The number of halogens is 1. The molecular formula is C16H25FN2. The van der Waals surface area contributed by atoms with Gasteiger partial charge in [0.15, 0.2) is 0 Å². The van der Waals surface area contributed by atoms with Gasteiger partial charge in [-0.25, -0.2) is 4.39 Å². The summed E-state index contributed by atoms with van der Waals surface area (Å²) in [5.41, 5.74) is 6.65. The van der Waals surface area contributed by atoms with Crippen molar-refractivity contribution in [3.63, 3.8) is 0 Å². The summed E-state index contributed by atoms with van der Waals surface area (Å²) in [6.45, 7) is 5.09. The van der Waals surface area contributed by atoms with Crippen LogP contribution in [-0.2, 0) is 0 Å². The highest BCUT2D eigenvalue weighted by atomic mass is 19.1. The minimum Gasteiger partial charge on any atom is -0.365 e. The van der Waals surface area contributed by atoms with Crippen LogP contribution in [0.25, 0.3) is 0 Å². The molecule has 0 radical (unpaired) electrons. The molecule has 1 aliphatic carbocycles. The van der Waals surface area contributed by atoms with Crippen molar-refractivity contribution in [3.8, 4) is 0 Å². The van der Waals surface area contributed by atoms with Crippen LogP contribution in [0.15, 0.2) is 24.3 Å². The first-order chi connectivity index (χ1) is 9.01. The van der Waals surface area contributed by atoms with Gasteiger partial charge in [0.2, 0.25) is 0 Å². The first kappa shape index (κ1) is 14.3. The summed E-state index contributed by atoms with van der Waals surface area (Å²) in [4.78, 5) is 2.09. The number of nitrogens with zero attached hydrogens (tertiary/aromatic N) is 1. The van der Waals surface area contributed by atoms with Gasteiger partial charge in [0.25, 0.3) is 0 Å². The van der Waals surface area contributed by atoms with Crippen molar-refractivity contribution in [3.05, 3.63) is 30.1 Å². The molecule has 2 rings (SSSR count). The van der Waals surface area contributed by atoms with E-state index in [1.807, 2.05) is 19.2 Å². The number of anilines is 1. The van der Waals surface area contributed by atoms with Crippen molar-refractivity contribution >= 4 is 5.69 Å². The van der Waals surface area contributed by atoms with Gasteiger partial charge in [0.05, 0.1) is 11.2 Å². The Morgan fingerprint density at radius 2 is 2.00 bits per heavy atom. The minimum absolute atomic E-state index is 0.125. The van der Waals surface area contributed by atoms with Gasteiger partial charge in [-0.15, -0.1) is 0 Å². The Morgan fingerprint density at radius 3 is 2.63 bits per heavy atom. The van der Waals surface area contributed by atoms with Crippen LogP contribution in [0.4, 0.5) is 10.1 Å². The predicted molar refractivity (Wildman–Crippen MR) is 78.8 cm³/mol. The fourth-order valence-electron chi connectivity index (χ4n) is 3.56. The van der Waals surface area contributed by atoms with Crippen LogP contribution in [0.2, 0.25) is 0 Å². The van der Waals surface area contributed by atoms with E-state index in [-0.39, 0.29) is 11.4 Å². The molecule has 0 saturated heterocycles. The number of para-hydroxylation sites is 1. The number of nitrogens with two attached hydrogens (primary N) is 1. The fraction of sp³-hybridized carbons (Fsp3) is 0.625. The Hall–Kier alpha value is -1.09. The number of rotatable bonds is 3. The molecule has 19 heavy (non-hydrogen) atoms. The molecule has 0 heterocycles. The maximum Gasteiger partial charge on any atom is 0.146 e. The van der Waals surface area contributed by atoms with Crippen molar-refractivity contribution < 1.29 is 4.39 Å². The summed E-state index contributed by atoms with van der Waals surface area (Å²) in [7, 11) is 1.99. The van der Waals surface area contributed by atoms with Gasteiger partial charge in [0.1, 0.15) is 5.82 Å². The molecule has 0 aromatic heterocycles. The first-order valence-corrected chi connectivity index (χ1v) is 7.19. The lowest BCUT2D eigenvalue weighted by Gasteiger charge is -2.51. The van der Waals surface area contributed by atoms with Crippen LogP contribution >= 0.6 is 0 Å². The van der Waals surface area contributed by atoms with Crippen molar-refractivity contribution in [1.29, 1.82) is 0 Å². The van der Waals surface area contributed by atoms with Gasteiger partial charge in [-0.3, -0.25) is 0 Å². The topological polar surface area (TPSA) is 29.3 Å². The highest BCUT2D eigenvalue weighted by molar-refractivity contribution is 5.50. The van der Waals surface area contributed by atoms with Gasteiger partial charge in [-0.1, -0.05) is 32.4 Å². The molecule has 2 nitrogen and oxygen atoms in total. The smallest absolute Gasteiger partial charge is 0.146 e. The Morgan fingerprint density at radius 1 is 1.32 bits per heavy atom. The molecule has 2 N–H and O–H groups in total. The second kappa shape index (κ2) is 5.49. The zero-order valence-corrected chi connectivity index (χ0v) is 12.2. The average molecular weight is 264 g/mol. The summed E-state index contributed by atoms with van der Waals surface area (Å²) in [5.74, 6) is 0.968. The Labute approximate surface area is 115 Å². The fourth-order valence-corrected chi connectivity index (χ4v) is 3.56. The Balaban J connectivity index is 2.37. The summed E-state index contributed by atoms with van der Waals surface area (Å²) in [6.07, 6.45) is 3.45. The van der Waals surface area contributed by atoms with E-state index in [9.17, 15) is 4.39 Å². The second-order valence-electron chi connectivity index (χ2n) is 6.11. The van der Waals surface area contributed by atoms with Crippen LogP contribution in [0.5, 0.6) is 0 Å². The molecule has 0 aliphatic heterocycles. The third kappa shape index (κ3) is 2.48. The summed E-state index contributed by atoms with van der Waals surface area (Å²) in [6, 6.07) is 6.98. The Kier molecular flexibility index (Phi) is 4.14. The number of hydrogen-bond donors (Lipinski definition) is 1. The van der Waals surface area contributed by atoms with Crippen LogP contribution < -0.4 is 10.6 Å².